The summed E-state index contributed by atoms with van der Waals surface area (Å²) in [6.45, 7) is 4.66. The van der Waals surface area contributed by atoms with E-state index in [0.29, 0.717) is 19.5 Å². The standard InChI is InChI=1S/C33H34N6O3/c1-20-9-23(13-27(10-20)42-3)16-35-31-33(41)39-29(15-24(30(39)19-36-31)12-22-7-5-4-6-8-22)32(40)37-18-26-14-25-17-34-21(2)11-28(25)38-26/h4-11,13-14,17,19,24,29,38H,12,15-16,18H2,1-3H3,(H,35,36)(H,37,40)/t24-,29-/m0/s1. The Hall–Kier alpha value is -4.92. The summed E-state index contributed by atoms with van der Waals surface area (Å²) in [6, 6.07) is 19.4. The van der Waals surface area contributed by atoms with Crippen molar-refractivity contribution in [2.75, 3.05) is 12.4 Å². The maximum atomic E-state index is 13.8. The van der Waals surface area contributed by atoms with Crippen LogP contribution in [0, 0.1) is 13.8 Å². The number of rotatable bonds is 9. The van der Waals surface area contributed by atoms with E-state index in [1.807, 2.05) is 68.6 Å². The Labute approximate surface area is 244 Å². The summed E-state index contributed by atoms with van der Waals surface area (Å²) in [7, 11) is 1.63. The van der Waals surface area contributed by atoms with Crippen LogP contribution in [0.5, 0.6) is 5.75 Å². The molecule has 0 unspecified atom stereocenters. The lowest BCUT2D eigenvalue weighted by Crippen LogP contribution is -2.36. The number of ether oxygens (including phenoxy) is 1. The molecule has 0 radical (unpaired) electrons. The summed E-state index contributed by atoms with van der Waals surface area (Å²) in [5.74, 6) is 0.770. The molecule has 2 atom stereocenters. The van der Waals surface area contributed by atoms with Crippen LogP contribution in [0.1, 0.15) is 52.2 Å². The van der Waals surface area contributed by atoms with Gasteiger partial charge in [0.2, 0.25) is 5.91 Å². The highest BCUT2D eigenvalue weighted by Crippen LogP contribution is 2.37. The molecule has 4 heterocycles. The van der Waals surface area contributed by atoms with Crippen LogP contribution in [0.2, 0.25) is 0 Å². The van der Waals surface area contributed by atoms with E-state index in [0.717, 1.165) is 56.8 Å². The highest BCUT2D eigenvalue weighted by molar-refractivity contribution is 5.82. The fourth-order valence-corrected chi connectivity index (χ4v) is 5.85. The molecule has 0 saturated heterocycles. The number of fused-ring (bicyclic) bond motifs is 2. The first kappa shape index (κ1) is 27.3. The molecule has 0 spiro atoms. The lowest BCUT2D eigenvalue weighted by atomic mass is 9.94. The number of carbonyl (C=O) groups excluding carboxylic acids is 1. The van der Waals surface area contributed by atoms with Crippen molar-refractivity contribution < 1.29 is 9.53 Å². The van der Waals surface area contributed by atoms with E-state index >= 15 is 0 Å². The number of aromatic amines is 1. The molecule has 3 aromatic heterocycles. The molecule has 0 fully saturated rings. The number of nitrogens with zero attached hydrogens (tertiary/aromatic N) is 3. The van der Waals surface area contributed by atoms with Crippen molar-refractivity contribution in [3.05, 3.63) is 117 Å². The summed E-state index contributed by atoms with van der Waals surface area (Å²) in [6.07, 6.45) is 4.80. The summed E-state index contributed by atoms with van der Waals surface area (Å²) in [4.78, 5) is 39.7. The molecule has 1 aliphatic rings. The molecule has 5 aromatic rings. The van der Waals surface area contributed by atoms with Crippen molar-refractivity contribution in [2.24, 2.45) is 0 Å². The summed E-state index contributed by atoms with van der Waals surface area (Å²) in [5, 5.41) is 7.25. The van der Waals surface area contributed by atoms with E-state index in [4.69, 9.17) is 4.74 Å². The van der Waals surface area contributed by atoms with Crippen molar-refractivity contribution in [2.45, 2.75) is 51.7 Å². The van der Waals surface area contributed by atoms with E-state index < -0.39 is 6.04 Å². The number of hydrogen-bond acceptors (Lipinski definition) is 6. The zero-order valence-electron chi connectivity index (χ0n) is 24.0. The van der Waals surface area contributed by atoms with Crippen LogP contribution >= 0.6 is 0 Å². The topological polar surface area (TPSA) is 114 Å². The smallest absolute Gasteiger partial charge is 0.294 e. The minimum atomic E-state index is -0.642. The zero-order chi connectivity index (χ0) is 29.2. The molecular weight excluding hydrogens is 528 g/mol. The van der Waals surface area contributed by atoms with Gasteiger partial charge in [-0.15, -0.1) is 0 Å². The number of aromatic nitrogens is 4. The van der Waals surface area contributed by atoms with Crippen LogP contribution in [-0.4, -0.2) is 32.5 Å². The SMILES string of the molecule is COc1cc(C)cc(CNc2ncc3n(c2=O)[C@H](C(=O)NCc2cc4cnc(C)cc4[nH]2)C[C@@H]3Cc2ccccc2)c1. The quantitative estimate of drug-likeness (QED) is 0.234. The second-order valence-corrected chi connectivity index (χ2v) is 11.0. The number of nitrogens with one attached hydrogen (secondary N) is 3. The van der Waals surface area contributed by atoms with Gasteiger partial charge >= 0.3 is 0 Å². The predicted octanol–water partition coefficient (Wildman–Crippen LogP) is 4.94. The van der Waals surface area contributed by atoms with Crippen LogP contribution in [0.25, 0.3) is 10.9 Å². The molecule has 9 heteroatoms. The Kier molecular flexibility index (Phi) is 7.48. The molecule has 42 heavy (non-hydrogen) atoms. The van der Waals surface area contributed by atoms with Gasteiger partial charge in [-0.3, -0.25) is 19.1 Å². The van der Waals surface area contributed by atoms with E-state index in [1.54, 1.807) is 17.9 Å². The van der Waals surface area contributed by atoms with Crippen LogP contribution in [0.3, 0.4) is 0 Å². The Morgan fingerprint density at radius 3 is 2.67 bits per heavy atom. The van der Waals surface area contributed by atoms with Gasteiger partial charge in [0, 0.05) is 52.8 Å². The molecule has 1 aliphatic heterocycles. The second kappa shape index (κ2) is 11.5. The number of benzene rings is 2. The fraction of sp³-hybridized carbons (Fsp3) is 0.273. The Balaban J connectivity index is 1.26. The lowest BCUT2D eigenvalue weighted by molar-refractivity contribution is -0.124. The van der Waals surface area contributed by atoms with E-state index in [1.165, 1.54) is 0 Å². The van der Waals surface area contributed by atoms with Gasteiger partial charge in [-0.2, -0.15) is 0 Å². The molecule has 1 amide bonds. The number of carbonyl (C=O) groups is 1. The third-order valence-corrected chi connectivity index (χ3v) is 7.85. The maximum absolute atomic E-state index is 13.8. The van der Waals surface area contributed by atoms with Crippen molar-refractivity contribution in [3.63, 3.8) is 0 Å². The summed E-state index contributed by atoms with van der Waals surface area (Å²) >= 11 is 0. The highest BCUT2D eigenvalue weighted by Gasteiger charge is 2.37. The van der Waals surface area contributed by atoms with Crippen LogP contribution in [-0.2, 0) is 24.3 Å². The van der Waals surface area contributed by atoms with Gasteiger partial charge < -0.3 is 20.4 Å². The van der Waals surface area contributed by atoms with Gasteiger partial charge in [0.15, 0.2) is 5.82 Å². The number of anilines is 1. The minimum absolute atomic E-state index is 0.0134. The average molecular weight is 563 g/mol. The van der Waals surface area contributed by atoms with Crippen molar-refractivity contribution in [3.8, 4) is 5.75 Å². The molecule has 9 nitrogen and oxygen atoms in total. The number of amides is 1. The molecule has 3 N–H and O–H groups in total. The molecular formula is C33H34N6O3. The van der Waals surface area contributed by atoms with Gasteiger partial charge in [0.1, 0.15) is 11.8 Å². The molecule has 0 saturated carbocycles. The first-order valence-corrected chi connectivity index (χ1v) is 14.1. The van der Waals surface area contributed by atoms with E-state index in [2.05, 4.69) is 37.7 Å². The lowest BCUT2D eigenvalue weighted by Gasteiger charge is -2.16. The first-order chi connectivity index (χ1) is 20.4. The van der Waals surface area contributed by atoms with Crippen LogP contribution in [0.4, 0.5) is 5.82 Å². The minimum Gasteiger partial charge on any atom is -0.497 e. The third-order valence-electron chi connectivity index (χ3n) is 7.85. The number of pyridine rings is 1. The molecule has 6 rings (SSSR count). The number of aryl methyl sites for hydroxylation is 2. The van der Waals surface area contributed by atoms with E-state index in [-0.39, 0.29) is 23.2 Å². The Morgan fingerprint density at radius 2 is 1.86 bits per heavy atom. The third kappa shape index (κ3) is 5.63. The normalized spacial score (nSPS) is 15.9. The summed E-state index contributed by atoms with van der Waals surface area (Å²) in [5.41, 5.74) is 6.44. The largest absolute Gasteiger partial charge is 0.497 e. The van der Waals surface area contributed by atoms with Gasteiger partial charge in [-0.25, -0.2) is 4.98 Å². The van der Waals surface area contributed by atoms with E-state index in [9.17, 15) is 9.59 Å². The Morgan fingerprint density at radius 1 is 1.02 bits per heavy atom. The predicted molar refractivity (Wildman–Crippen MR) is 163 cm³/mol. The number of methoxy groups -OCH3 is 1. The van der Waals surface area contributed by atoms with Crippen molar-refractivity contribution in [1.29, 1.82) is 0 Å². The van der Waals surface area contributed by atoms with Crippen molar-refractivity contribution >= 4 is 22.6 Å². The second-order valence-electron chi connectivity index (χ2n) is 11.0. The average Bonchev–Trinajstić information content (AvgIpc) is 3.57. The molecule has 0 aliphatic carbocycles. The van der Waals surface area contributed by atoms with Gasteiger partial charge in [-0.05, 0) is 67.6 Å². The molecule has 214 valence electrons. The van der Waals surface area contributed by atoms with Crippen LogP contribution in [0.15, 0.2) is 77.9 Å². The number of H-pyrrole nitrogens is 1. The first-order valence-electron chi connectivity index (χ1n) is 14.1. The van der Waals surface area contributed by atoms with Crippen molar-refractivity contribution in [1.82, 2.24) is 24.8 Å². The molecule has 2 aromatic carbocycles. The van der Waals surface area contributed by atoms with Gasteiger partial charge in [0.05, 0.1) is 13.7 Å². The monoisotopic (exact) mass is 562 g/mol. The van der Waals surface area contributed by atoms with Gasteiger partial charge in [0.25, 0.3) is 5.56 Å². The van der Waals surface area contributed by atoms with Gasteiger partial charge in [-0.1, -0.05) is 36.4 Å². The summed E-state index contributed by atoms with van der Waals surface area (Å²) < 4.78 is 7.02. The number of hydrogen-bond donors (Lipinski definition) is 3. The highest BCUT2D eigenvalue weighted by atomic mass is 16.5. The van der Waals surface area contributed by atoms with Crippen LogP contribution < -0.4 is 20.9 Å². The zero-order valence-corrected chi connectivity index (χ0v) is 24.0. The fourth-order valence-electron chi connectivity index (χ4n) is 5.85. The Bertz CT molecular complexity index is 1810. The molecule has 0 bridgehead atoms. The maximum Gasteiger partial charge on any atom is 0.294 e.